The van der Waals surface area contributed by atoms with Gasteiger partial charge in [-0.2, -0.15) is 0 Å². The van der Waals surface area contributed by atoms with Crippen LogP contribution in [0.1, 0.15) is 55.4 Å². The minimum atomic E-state index is -0.535. The Bertz CT molecular complexity index is 1080. The number of hydrogen-bond acceptors (Lipinski definition) is 4. The van der Waals surface area contributed by atoms with Gasteiger partial charge in [-0.3, -0.25) is 9.59 Å². The summed E-state index contributed by atoms with van der Waals surface area (Å²) in [5.41, 5.74) is 3.11. The van der Waals surface area contributed by atoms with E-state index in [1.54, 1.807) is 12.1 Å². The van der Waals surface area contributed by atoms with Crippen LogP contribution in [0.25, 0.3) is 0 Å². The van der Waals surface area contributed by atoms with E-state index in [4.69, 9.17) is 4.42 Å². The van der Waals surface area contributed by atoms with Crippen molar-refractivity contribution in [3.8, 4) is 0 Å². The Labute approximate surface area is 196 Å². The van der Waals surface area contributed by atoms with Crippen LogP contribution >= 0.6 is 0 Å². The van der Waals surface area contributed by atoms with E-state index in [1.165, 1.54) is 6.26 Å². The Morgan fingerprint density at radius 1 is 1.00 bits per heavy atom. The highest BCUT2D eigenvalue weighted by Crippen LogP contribution is 2.32. The fraction of sp³-hybridized carbons (Fsp3) is 0.333. The number of anilines is 2. The van der Waals surface area contributed by atoms with Gasteiger partial charge in [-0.25, -0.2) is 0 Å². The summed E-state index contributed by atoms with van der Waals surface area (Å²) in [5, 5.41) is 2.89. The third kappa shape index (κ3) is 5.83. The Balaban J connectivity index is 1.97. The molecule has 6 nitrogen and oxygen atoms in total. The number of benzene rings is 2. The Morgan fingerprint density at radius 3 is 2.27 bits per heavy atom. The minimum Gasteiger partial charge on any atom is -0.459 e. The standard InChI is InChI=1S/C27H33N3O3/c1-19(20-11-8-7-9-12-20)30(26(32)27(2,3)4)18-21-17-22(14-15-23(21)29(5)6)28-25(31)24-13-10-16-33-24/h7-17,19H,18H2,1-6H3,(H,28,31). The number of furan rings is 1. The molecule has 0 saturated carbocycles. The zero-order chi connectivity index (χ0) is 24.2. The minimum absolute atomic E-state index is 0.0635. The molecule has 0 bridgehead atoms. The molecule has 1 N–H and O–H groups in total. The Morgan fingerprint density at radius 2 is 1.70 bits per heavy atom. The van der Waals surface area contributed by atoms with Crippen molar-refractivity contribution in [1.29, 1.82) is 0 Å². The first kappa shape index (κ1) is 24.1. The first-order valence-electron chi connectivity index (χ1n) is 11.1. The Hall–Kier alpha value is -3.54. The zero-order valence-corrected chi connectivity index (χ0v) is 20.3. The van der Waals surface area contributed by atoms with Gasteiger partial charge < -0.3 is 19.5 Å². The number of nitrogens with one attached hydrogen (secondary N) is 1. The number of nitrogens with zero attached hydrogens (tertiary/aromatic N) is 2. The van der Waals surface area contributed by atoms with Crippen LogP contribution < -0.4 is 10.2 Å². The van der Waals surface area contributed by atoms with Crippen molar-refractivity contribution in [3.05, 3.63) is 83.8 Å². The molecule has 1 atom stereocenters. The molecule has 2 amide bonds. The first-order valence-corrected chi connectivity index (χ1v) is 11.1. The molecule has 2 aromatic carbocycles. The number of carbonyl (C=O) groups excluding carboxylic acids is 2. The molecular weight excluding hydrogens is 414 g/mol. The number of hydrogen-bond donors (Lipinski definition) is 1. The van der Waals surface area contributed by atoms with Gasteiger partial charge in [0, 0.05) is 37.4 Å². The fourth-order valence-electron chi connectivity index (χ4n) is 3.74. The fourth-order valence-corrected chi connectivity index (χ4v) is 3.74. The highest BCUT2D eigenvalue weighted by Gasteiger charge is 2.31. The van der Waals surface area contributed by atoms with Crippen LogP contribution in [0, 0.1) is 5.41 Å². The maximum Gasteiger partial charge on any atom is 0.291 e. The molecule has 1 aromatic heterocycles. The maximum absolute atomic E-state index is 13.5. The van der Waals surface area contributed by atoms with Crippen LogP contribution in [-0.4, -0.2) is 30.8 Å². The van der Waals surface area contributed by atoms with E-state index in [-0.39, 0.29) is 23.6 Å². The van der Waals surface area contributed by atoms with Gasteiger partial charge in [0.1, 0.15) is 0 Å². The topological polar surface area (TPSA) is 65.8 Å². The summed E-state index contributed by atoms with van der Waals surface area (Å²) in [6.07, 6.45) is 1.47. The van der Waals surface area contributed by atoms with Crippen LogP contribution in [0.5, 0.6) is 0 Å². The van der Waals surface area contributed by atoms with Gasteiger partial charge >= 0.3 is 0 Å². The van der Waals surface area contributed by atoms with E-state index in [9.17, 15) is 9.59 Å². The van der Waals surface area contributed by atoms with Crippen LogP contribution in [0.4, 0.5) is 11.4 Å². The molecule has 0 aliphatic rings. The SMILES string of the molecule is CC(c1ccccc1)N(Cc1cc(NC(=O)c2ccco2)ccc1N(C)C)C(=O)C(C)(C)C. The monoisotopic (exact) mass is 447 g/mol. The lowest BCUT2D eigenvalue weighted by Crippen LogP contribution is -2.40. The lowest BCUT2D eigenvalue weighted by molar-refractivity contribution is -0.142. The number of amides is 2. The van der Waals surface area contributed by atoms with Crippen molar-refractivity contribution in [1.82, 2.24) is 4.90 Å². The van der Waals surface area contributed by atoms with Crippen LogP contribution in [0.2, 0.25) is 0 Å². The summed E-state index contributed by atoms with van der Waals surface area (Å²) < 4.78 is 5.20. The normalized spacial score (nSPS) is 12.2. The van der Waals surface area contributed by atoms with Crippen molar-refractivity contribution in [2.75, 3.05) is 24.3 Å². The first-order chi connectivity index (χ1) is 15.6. The van der Waals surface area contributed by atoms with Crippen LogP contribution in [-0.2, 0) is 11.3 Å². The summed E-state index contributed by atoms with van der Waals surface area (Å²) in [4.78, 5) is 29.9. The molecule has 1 unspecified atom stereocenters. The van der Waals surface area contributed by atoms with Gasteiger partial charge in [-0.05, 0) is 48.4 Å². The Kier molecular flexibility index (Phi) is 7.26. The van der Waals surface area contributed by atoms with Gasteiger partial charge in [-0.1, -0.05) is 51.1 Å². The third-order valence-electron chi connectivity index (χ3n) is 5.56. The zero-order valence-electron chi connectivity index (χ0n) is 20.3. The molecule has 6 heteroatoms. The van der Waals surface area contributed by atoms with Crippen molar-refractivity contribution in [2.24, 2.45) is 5.41 Å². The number of rotatable bonds is 7. The van der Waals surface area contributed by atoms with Gasteiger partial charge in [0.15, 0.2) is 5.76 Å². The molecule has 3 rings (SSSR count). The molecule has 174 valence electrons. The molecule has 0 aliphatic heterocycles. The highest BCUT2D eigenvalue weighted by atomic mass is 16.3. The van der Waals surface area contributed by atoms with E-state index in [0.29, 0.717) is 12.2 Å². The predicted molar refractivity (Wildman–Crippen MR) is 132 cm³/mol. The molecular formula is C27H33N3O3. The molecule has 1 heterocycles. The van der Waals surface area contributed by atoms with Gasteiger partial charge in [-0.15, -0.1) is 0 Å². The van der Waals surface area contributed by atoms with Crippen molar-refractivity contribution < 1.29 is 14.0 Å². The van der Waals surface area contributed by atoms with Gasteiger partial charge in [0.25, 0.3) is 5.91 Å². The predicted octanol–water partition coefficient (Wildman–Crippen LogP) is 5.73. The average molecular weight is 448 g/mol. The van der Waals surface area contributed by atoms with Gasteiger partial charge in [0.2, 0.25) is 5.91 Å². The molecule has 0 saturated heterocycles. The molecule has 3 aromatic rings. The van der Waals surface area contributed by atoms with E-state index < -0.39 is 5.41 Å². The van der Waals surface area contributed by atoms with Crippen molar-refractivity contribution >= 4 is 23.2 Å². The quantitative estimate of drug-likeness (QED) is 0.502. The lowest BCUT2D eigenvalue weighted by atomic mass is 9.92. The van der Waals surface area contributed by atoms with E-state index in [1.807, 2.05) is 93.2 Å². The van der Waals surface area contributed by atoms with Crippen LogP contribution in [0.15, 0.2) is 71.3 Å². The van der Waals surface area contributed by atoms with E-state index in [2.05, 4.69) is 12.2 Å². The van der Waals surface area contributed by atoms with E-state index >= 15 is 0 Å². The lowest BCUT2D eigenvalue weighted by Gasteiger charge is -2.35. The summed E-state index contributed by atoms with van der Waals surface area (Å²) in [5.74, 6) is -0.00659. The molecule has 0 radical (unpaired) electrons. The average Bonchev–Trinajstić information content (AvgIpc) is 3.31. The highest BCUT2D eigenvalue weighted by molar-refractivity contribution is 6.02. The summed E-state index contributed by atoms with van der Waals surface area (Å²) in [6, 6.07) is 19.0. The van der Waals surface area contributed by atoms with Crippen LogP contribution in [0.3, 0.4) is 0 Å². The second kappa shape index (κ2) is 9.94. The number of carbonyl (C=O) groups is 2. The van der Waals surface area contributed by atoms with Crippen molar-refractivity contribution in [2.45, 2.75) is 40.3 Å². The summed E-state index contributed by atoms with van der Waals surface area (Å²) >= 11 is 0. The van der Waals surface area contributed by atoms with Crippen molar-refractivity contribution in [3.63, 3.8) is 0 Å². The largest absolute Gasteiger partial charge is 0.459 e. The molecule has 0 aliphatic carbocycles. The van der Waals surface area contributed by atoms with E-state index in [0.717, 1.165) is 16.8 Å². The smallest absolute Gasteiger partial charge is 0.291 e. The molecule has 33 heavy (non-hydrogen) atoms. The molecule has 0 fully saturated rings. The second-order valence-corrected chi connectivity index (χ2v) is 9.44. The second-order valence-electron chi connectivity index (χ2n) is 9.44. The third-order valence-corrected chi connectivity index (χ3v) is 5.56. The van der Waals surface area contributed by atoms with Gasteiger partial charge in [0.05, 0.1) is 12.3 Å². The molecule has 0 spiro atoms. The maximum atomic E-state index is 13.5. The summed E-state index contributed by atoms with van der Waals surface area (Å²) in [7, 11) is 3.94. The summed E-state index contributed by atoms with van der Waals surface area (Å²) in [6.45, 7) is 8.27.